The maximum atomic E-state index is 13.1. The van der Waals surface area contributed by atoms with Crippen molar-refractivity contribution in [3.05, 3.63) is 29.8 Å². The van der Waals surface area contributed by atoms with Crippen LogP contribution >= 0.6 is 11.6 Å². The normalized spacial score (nSPS) is 10.2. The number of halogens is 3. The van der Waals surface area contributed by atoms with Crippen molar-refractivity contribution in [3.63, 3.8) is 0 Å². The molecule has 1 rings (SSSR count). The van der Waals surface area contributed by atoms with Crippen molar-refractivity contribution in [1.82, 2.24) is 0 Å². The van der Waals surface area contributed by atoms with Gasteiger partial charge in [0.2, 0.25) is 0 Å². The Morgan fingerprint density at radius 1 is 1.38 bits per heavy atom. The van der Waals surface area contributed by atoms with E-state index in [1.165, 1.54) is 0 Å². The van der Waals surface area contributed by atoms with Gasteiger partial charge in [-0.05, 0) is 12.1 Å². The monoisotopic (exact) mass is 205 g/mol. The minimum atomic E-state index is -0.446. The van der Waals surface area contributed by atoms with Crippen LogP contribution in [0.4, 0.5) is 14.5 Å². The van der Waals surface area contributed by atoms with Crippen LogP contribution in [0.2, 0.25) is 0 Å². The smallest absolute Gasteiger partial charge is 0.146 e. The molecule has 0 aromatic heterocycles. The molecule has 0 fully saturated rings. The van der Waals surface area contributed by atoms with Crippen LogP contribution in [0, 0.1) is 11.6 Å². The molecule has 0 bridgehead atoms. The van der Waals surface area contributed by atoms with Gasteiger partial charge < -0.3 is 4.90 Å². The SMILES string of the molecule is CN(CCCl)c1cc(F)ccc1F. The van der Waals surface area contributed by atoms with Gasteiger partial charge in [-0.25, -0.2) is 8.78 Å². The molecule has 0 heterocycles. The molecule has 0 radical (unpaired) electrons. The van der Waals surface area contributed by atoms with Gasteiger partial charge >= 0.3 is 0 Å². The lowest BCUT2D eigenvalue weighted by atomic mass is 10.3. The Kier molecular flexibility index (Phi) is 3.48. The van der Waals surface area contributed by atoms with E-state index in [0.29, 0.717) is 12.4 Å². The van der Waals surface area contributed by atoms with E-state index >= 15 is 0 Å². The topological polar surface area (TPSA) is 3.24 Å². The van der Waals surface area contributed by atoms with Crippen molar-refractivity contribution >= 4 is 17.3 Å². The maximum Gasteiger partial charge on any atom is 0.146 e. The second-order valence-electron chi connectivity index (χ2n) is 2.71. The van der Waals surface area contributed by atoms with E-state index in [1.54, 1.807) is 11.9 Å². The number of rotatable bonds is 3. The molecule has 0 atom stereocenters. The van der Waals surface area contributed by atoms with Gasteiger partial charge in [0.05, 0.1) is 5.69 Å². The number of hydrogen-bond donors (Lipinski definition) is 0. The van der Waals surface area contributed by atoms with E-state index in [4.69, 9.17) is 11.6 Å². The van der Waals surface area contributed by atoms with Crippen molar-refractivity contribution in [2.24, 2.45) is 0 Å². The van der Waals surface area contributed by atoms with Gasteiger partial charge in [-0.2, -0.15) is 0 Å². The van der Waals surface area contributed by atoms with Crippen molar-refractivity contribution < 1.29 is 8.78 Å². The highest BCUT2D eigenvalue weighted by atomic mass is 35.5. The summed E-state index contributed by atoms with van der Waals surface area (Å²) in [4.78, 5) is 1.57. The summed E-state index contributed by atoms with van der Waals surface area (Å²) in [6.07, 6.45) is 0. The van der Waals surface area contributed by atoms with Gasteiger partial charge in [-0.15, -0.1) is 11.6 Å². The fourth-order valence-electron chi connectivity index (χ4n) is 1.03. The minimum absolute atomic E-state index is 0.237. The van der Waals surface area contributed by atoms with E-state index in [-0.39, 0.29) is 5.69 Å². The lowest BCUT2D eigenvalue weighted by Crippen LogP contribution is -2.20. The Morgan fingerprint density at radius 3 is 2.69 bits per heavy atom. The molecule has 4 heteroatoms. The van der Waals surface area contributed by atoms with Crippen LogP contribution in [-0.4, -0.2) is 19.5 Å². The quantitative estimate of drug-likeness (QED) is 0.686. The van der Waals surface area contributed by atoms with Crippen LogP contribution in [0.25, 0.3) is 0 Å². The molecule has 0 spiro atoms. The lowest BCUT2D eigenvalue weighted by molar-refractivity contribution is 0.597. The fourth-order valence-corrected chi connectivity index (χ4v) is 1.28. The van der Waals surface area contributed by atoms with Crippen LogP contribution in [-0.2, 0) is 0 Å². The molecule has 0 aliphatic carbocycles. The lowest BCUT2D eigenvalue weighted by Gasteiger charge is -2.18. The molecule has 1 aromatic carbocycles. The van der Waals surface area contributed by atoms with E-state index in [1.807, 2.05) is 0 Å². The molecule has 1 nitrogen and oxygen atoms in total. The van der Waals surface area contributed by atoms with E-state index in [2.05, 4.69) is 0 Å². The van der Waals surface area contributed by atoms with Gasteiger partial charge in [-0.3, -0.25) is 0 Å². The molecular formula is C9H10ClF2N. The van der Waals surface area contributed by atoms with Gasteiger partial charge in [0, 0.05) is 25.5 Å². The molecule has 72 valence electrons. The summed E-state index contributed by atoms with van der Waals surface area (Å²) in [5.74, 6) is -0.501. The zero-order valence-electron chi connectivity index (χ0n) is 7.23. The summed E-state index contributed by atoms with van der Waals surface area (Å²) in [7, 11) is 1.67. The number of nitrogens with zero attached hydrogens (tertiary/aromatic N) is 1. The molecule has 0 N–H and O–H groups in total. The summed E-state index contributed by atoms with van der Waals surface area (Å²) < 4.78 is 25.8. The van der Waals surface area contributed by atoms with Gasteiger partial charge in [0.15, 0.2) is 0 Å². The molecule has 13 heavy (non-hydrogen) atoms. The van der Waals surface area contributed by atoms with E-state index < -0.39 is 11.6 Å². The van der Waals surface area contributed by atoms with Gasteiger partial charge in [0.1, 0.15) is 11.6 Å². The molecule has 0 aliphatic heterocycles. The van der Waals surface area contributed by atoms with Crippen LogP contribution < -0.4 is 4.90 Å². The molecule has 0 aliphatic rings. The highest BCUT2D eigenvalue weighted by molar-refractivity contribution is 6.18. The number of hydrogen-bond acceptors (Lipinski definition) is 1. The Hall–Kier alpha value is -0.830. The third kappa shape index (κ3) is 2.56. The average molecular weight is 206 g/mol. The molecule has 0 unspecified atom stereocenters. The maximum absolute atomic E-state index is 13.1. The molecule has 0 saturated heterocycles. The first kappa shape index (κ1) is 10.3. The van der Waals surface area contributed by atoms with Gasteiger partial charge in [-0.1, -0.05) is 0 Å². The summed E-state index contributed by atoms with van der Waals surface area (Å²) in [5.41, 5.74) is 0.237. The van der Waals surface area contributed by atoms with Crippen molar-refractivity contribution in [2.75, 3.05) is 24.4 Å². The van der Waals surface area contributed by atoms with Gasteiger partial charge in [0.25, 0.3) is 0 Å². The second kappa shape index (κ2) is 4.42. The largest absolute Gasteiger partial charge is 0.371 e. The second-order valence-corrected chi connectivity index (χ2v) is 3.08. The number of benzene rings is 1. The zero-order chi connectivity index (χ0) is 9.84. The van der Waals surface area contributed by atoms with Crippen molar-refractivity contribution in [3.8, 4) is 0 Å². The predicted molar refractivity (Wildman–Crippen MR) is 50.3 cm³/mol. The number of alkyl halides is 1. The molecule has 0 amide bonds. The summed E-state index contributed by atoms with van der Waals surface area (Å²) >= 11 is 5.48. The highest BCUT2D eigenvalue weighted by Gasteiger charge is 2.07. The van der Waals surface area contributed by atoms with E-state index in [9.17, 15) is 8.78 Å². The first-order chi connectivity index (χ1) is 6.15. The van der Waals surface area contributed by atoms with Crippen molar-refractivity contribution in [1.29, 1.82) is 0 Å². The van der Waals surface area contributed by atoms with Crippen molar-refractivity contribution in [2.45, 2.75) is 0 Å². The third-order valence-electron chi connectivity index (χ3n) is 1.74. The summed E-state index contributed by atoms with van der Waals surface area (Å²) in [6.45, 7) is 0.488. The molecule has 1 aromatic rings. The predicted octanol–water partition coefficient (Wildman–Crippen LogP) is 2.64. The highest BCUT2D eigenvalue weighted by Crippen LogP contribution is 2.18. The third-order valence-corrected chi connectivity index (χ3v) is 1.91. The minimum Gasteiger partial charge on any atom is -0.371 e. The number of anilines is 1. The fraction of sp³-hybridized carbons (Fsp3) is 0.333. The Balaban J connectivity index is 2.91. The van der Waals surface area contributed by atoms with Crippen LogP contribution in [0.15, 0.2) is 18.2 Å². The summed E-state index contributed by atoms with van der Waals surface area (Å²) in [6, 6.07) is 3.35. The van der Waals surface area contributed by atoms with Crippen LogP contribution in [0.3, 0.4) is 0 Å². The van der Waals surface area contributed by atoms with Crippen LogP contribution in [0.1, 0.15) is 0 Å². The Labute approximate surface area is 80.9 Å². The standard InChI is InChI=1S/C9H10ClF2N/c1-13(5-4-10)9-6-7(11)2-3-8(9)12/h2-3,6H,4-5H2,1H3. The zero-order valence-corrected chi connectivity index (χ0v) is 7.98. The Bertz CT molecular complexity index is 291. The molecular weight excluding hydrogens is 196 g/mol. The Morgan fingerprint density at radius 2 is 2.08 bits per heavy atom. The molecule has 0 saturated carbocycles. The van der Waals surface area contributed by atoms with Crippen LogP contribution in [0.5, 0.6) is 0 Å². The first-order valence-corrected chi connectivity index (χ1v) is 4.40. The van der Waals surface area contributed by atoms with E-state index in [0.717, 1.165) is 18.2 Å². The first-order valence-electron chi connectivity index (χ1n) is 3.87. The summed E-state index contributed by atoms with van der Waals surface area (Å²) in [5, 5.41) is 0. The average Bonchev–Trinajstić information content (AvgIpc) is 2.09.